The molecule has 0 spiro atoms. The fourth-order valence-corrected chi connectivity index (χ4v) is 1.98. The molecule has 1 aromatic rings. The molecule has 118 valence electrons. The topological polar surface area (TPSA) is 64.3 Å². The molecule has 4 nitrogen and oxygen atoms in total. The number of rotatable bonds is 10. The van der Waals surface area contributed by atoms with Gasteiger partial charge in [0, 0.05) is 6.61 Å². The number of nitrogens with two attached hydrogens (primary N) is 1. The lowest BCUT2D eigenvalue weighted by atomic mass is 10.1. The van der Waals surface area contributed by atoms with Gasteiger partial charge in [-0.2, -0.15) is 0 Å². The SMILES string of the molecule is CCCCCCCCOCC(=O)Nc1ccc(F)cc1N. The second kappa shape index (κ2) is 10.2. The van der Waals surface area contributed by atoms with Crippen LogP contribution in [0.1, 0.15) is 45.4 Å². The van der Waals surface area contributed by atoms with Gasteiger partial charge in [-0.05, 0) is 24.6 Å². The number of nitrogens with one attached hydrogen (secondary N) is 1. The molecule has 5 heteroatoms. The first-order chi connectivity index (χ1) is 10.1. The third-order valence-corrected chi connectivity index (χ3v) is 3.16. The lowest BCUT2D eigenvalue weighted by Gasteiger charge is -2.08. The van der Waals surface area contributed by atoms with E-state index in [0.29, 0.717) is 12.3 Å². The smallest absolute Gasteiger partial charge is 0.250 e. The molecule has 0 aliphatic heterocycles. The standard InChI is InChI=1S/C16H25FN2O2/c1-2-3-4-5-6-7-10-21-12-16(20)19-15-9-8-13(17)11-14(15)18/h8-9,11H,2-7,10,12,18H2,1H3,(H,19,20). The van der Waals surface area contributed by atoms with Gasteiger partial charge in [-0.25, -0.2) is 4.39 Å². The van der Waals surface area contributed by atoms with Gasteiger partial charge >= 0.3 is 0 Å². The van der Waals surface area contributed by atoms with Crippen molar-refractivity contribution >= 4 is 17.3 Å². The highest BCUT2D eigenvalue weighted by Crippen LogP contribution is 2.18. The first kappa shape index (κ1) is 17.4. The van der Waals surface area contributed by atoms with E-state index in [0.717, 1.165) is 12.8 Å². The van der Waals surface area contributed by atoms with Crippen LogP contribution in [-0.4, -0.2) is 19.1 Å². The summed E-state index contributed by atoms with van der Waals surface area (Å²) in [4.78, 5) is 11.6. The zero-order valence-corrected chi connectivity index (χ0v) is 12.7. The second-order valence-electron chi connectivity index (χ2n) is 5.10. The largest absolute Gasteiger partial charge is 0.397 e. The van der Waals surface area contributed by atoms with Gasteiger partial charge in [0.05, 0.1) is 11.4 Å². The van der Waals surface area contributed by atoms with Crippen molar-refractivity contribution in [2.45, 2.75) is 45.4 Å². The number of ether oxygens (including phenoxy) is 1. The summed E-state index contributed by atoms with van der Waals surface area (Å²) in [5.41, 5.74) is 6.22. The Bertz CT molecular complexity index is 438. The molecule has 0 saturated heterocycles. The minimum atomic E-state index is -0.426. The summed E-state index contributed by atoms with van der Waals surface area (Å²) < 4.78 is 18.2. The zero-order chi connectivity index (χ0) is 15.5. The van der Waals surface area contributed by atoms with Crippen molar-refractivity contribution in [1.29, 1.82) is 0 Å². The molecule has 0 bridgehead atoms. The van der Waals surface area contributed by atoms with Gasteiger partial charge < -0.3 is 15.8 Å². The summed E-state index contributed by atoms with van der Waals surface area (Å²) in [5, 5.41) is 2.60. The molecule has 3 N–H and O–H groups in total. The number of hydrogen-bond acceptors (Lipinski definition) is 3. The maximum atomic E-state index is 12.9. The lowest BCUT2D eigenvalue weighted by molar-refractivity contribution is -0.120. The zero-order valence-electron chi connectivity index (χ0n) is 12.7. The molecular formula is C16H25FN2O2. The van der Waals surface area contributed by atoms with E-state index >= 15 is 0 Å². The van der Waals surface area contributed by atoms with Crippen molar-refractivity contribution in [3.8, 4) is 0 Å². The highest BCUT2D eigenvalue weighted by atomic mass is 19.1. The first-order valence-electron chi connectivity index (χ1n) is 7.56. The Balaban J connectivity index is 2.11. The fraction of sp³-hybridized carbons (Fsp3) is 0.562. The van der Waals surface area contributed by atoms with Crippen molar-refractivity contribution in [3.05, 3.63) is 24.0 Å². The van der Waals surface area contributed by atoms with Crippen LogP contribution in [0.25, 0.3) is 0 Å². The Labute approximate surface area is 125 Å². The van der Waals surface area contributed by atoms with E-state index in [1.807, 2.05) is 0 Å². The maximum absolute atomic E-state index is 12.9. The van der Waals surface area contributed by atoms with Crippen LogP contribution >= 0.6 is 0 Å². The van der Waals surface area contributed by atoms with Gasteiger partial charge in [0.25, 0.3) is 0 Å². The summed E-state index contributed by atoms with van der Waals surface area (Å²) >= 11 is 0. The van der Waals surface area contributed by atoms with Gasteiger partial charge in [0.2, 0.25) is 5.91 Å². The quantitative estimate of drug-likeness (QED) is 0.511. The second-order valence-corrected chi connectivity index (χ2v) is 5.10. The predicted octanol–water partition coefficient (Wildman–Crippen LogP) is 3.72. The van der Waals surface area contributed by atoms with Crippen LogP contribution < -0.4 is 11.1 Å². The highest BCUT2D eigenvalue weighted by Gasteiger charge is 2.06. The van der Waals surface area contributed by atoms with E-state index in [1.165, 1.54) is 43.9 Å². The van der Waals surface area contributed by atoms with E-state index in [4.69, 9.17) is 10.5 Å². The molecule has 0 fully saturated rings. The third-order valence-electron chi connectivity index (χ3n) is 3.16. The van der Waals surface area contributed by atoms with Gasteiger partial charge in [-0.15, -0.1) is 0 Å². The van der Waals surface area contributed by atoms with Crippen LogP contribution in [0.15, 0.2) is 18.2 Å². The van der Waals surface area contributed by atoms with Crippen molar-refractivity contribution in [3.63, 3.8) is 0 Å². The third kappa shape index (κ3) is 7.66. The lowest BCUT2D eigenvalue weighted by Crippen LogP contribution is -2.19. The average molecular weight is 296 g/mol. The van der Waals surface area contributed by atoms with Gasteiger partial charge in [0.1, 0.15) is 12.4 Å². The molecule has 0 saturated carbocycles. The number of hydrogen-bond donors (Lipinski definition) is 2. The Morgan fingerprint density at radius 2 is 1.95 bits per heavy atom. The van der Waals surface area contributed by atoms with Crippen molar-refractivity contribution < 1.29 is 13.9 Å². The molecule has 0 atom stereocenters. The first-order valence-corrected chi connectivity index (χ1v) is 7.56. The number of benzene rings is 1. The molecule has 0 aromatic heterocycles. The van der Waals surface area contributed by atoms with Crippen molar-refractivity contribution in [2.75, 3.05) is 24.3 Å². The highest BCUT2D eigenvalue weighted by molar-refractivity contribution is 5.94. The molecule has 0 aliphatic carbocycles. The maximum Gasteiger partial charge on any atom is 0.250 e. The number of halogens is 1. The molecule has 1 rings (SSSR count). The Kier molecular flexibility index (Phi) is 8.43. The summed E-state index contributed by atoms with van der Waals surface area (Å²) in [6, 6.07) is 3.87. The molecule has 1 amide bonds. The monoisotopic (exact) mass is 296 g/mol. The summed E-state index contributed by atoms with van der Waals surface area (Å²) in [6.07, 6.45) is 7.10. The predicted molar refractivity (Wildman–Crippen MR) is 83.6 cm³/mol. The molecule has 0 radical (unpaired) electrons. The van der Waals surface area contributed by atoms with E-state index < -0.39 is 5.82 Å². The van der Waals surface area contributed by atoms with Gasteiger partial charge in [-0.3, -0.25) is 4.79 Å². The Morgan fingerprint density at radius 1 is 1.24 bits per heavy atom. The van der Waals surface area contributed by atoms with E-state index in [1.54, 1.807) is 0 Å². The number of carbonyl (C=O) groups excluding carboxylic acids is 1. The van der Waals surface area contributed by atoms with Crippen LogP contribution in [0.4, 0.5) is 15.8 Å². The molecular weight excluding hydrogens is 271 g/mol. The number of carbonyl (C=O) groups is 1. The van der Waals surface area contributed by atoms with Crippen LogP contribution in [-0.2, 0) is 9.53 Å². The van der Waals surface area contributed by atoms with Crippen molar-refractivity contribution in [1.82, 2.24) is 0 Å². The van der Waals surface area contributed by atoms with Crippen LogP contribution in [0.2, 0.25) is 0 Å². The number of nitrogen functional groups attached to an aromatic ring is 1. The average Bonchev–Trinajstić information content (AvgIpc) is 2.45. The van der Waals surface area contributed by atoms with Crippen LogP contribution in [0, 0.1) is 5.82 Å². The molecule has 1 aromatic carbocycles. The Hall–Kier alpha value is -1.62. The summed E-state index contributed by atoms with van der Waals surface area (Å²) in [7, 11) is 0. The van der Waals surface area contributed by atoms with Gasteiger partial charge in [-0.1, -0.05) is 39.0 Å². The fourth-order valence-electron chi connectivity index (χ4n) is 1.98. The summed E-state index contributed by atoms with van der Waals surface area (Å²) in [5.74, 6) is -0.705. The minimum absolute atomic E-state index is 0.00816. The van der Waals surface area contributed by atoms with Crippen LogP contribution in [0.3, 0.4) is 0 Å². The van der Waals surface area contributed by atoms with E-state index in [-0.39, 0.29) is 18.2 Å². The number of unbranched alkanes of at least 4 members (excludes halogenated alkanes) is 5. The molecule has 0 unspecified atom stereocenters. The van der Waals surface area contributed by atoms with Gasteiger partial charge in [0.15, 0.2) is 0 Å². The Morgan fingerprint density at radius 3 is 2.67 bits per heavy atom. The van der Waals surface area contributed by atoms with Crippen molar-refractivity contribution in [2.24, 2.45) is 0 Å². The molecule has 0 heterocycles. The minimum Gasteiger partial charge on any atom is -0.397 e. The van der Waals surface area contributed by atoms with E-state index in [2.05, 4.69) is 12.2 Å². The summed E-state index contributed by atoms with van der Waals surface area (Å²) in [6.45, 7) is 2.76. The normalized spacial score (nSPS) is 10.6. The van der Waals surface area contributed by atoms with E-state index in [9.17, 15) is 9.18 Å². The van der Waals surface area contributed by atoms with Crippen LogP contribution in [0.5, 0.6) is 0 Å². The number of amides is 1. The number of anilines is 2. The molecule has 0 aliphatic rings. The molecule has 21 heavy (non-hydrogen) atoms.